The number of hydrogen-bond acceptors (Lipinski definition) is 4. The van der Waals surface area contributed by atoms with Crippen LogP contribution in [0.4, 0.5) is 0 Å². The Morgan fingerprint density at radius 2 is 2.50 bits per heavy atom. The van der Waals surface area contributed by atoms with E-state index in [1.807, 2.05) is 0 Å². The monoisotopic (exact) mass is 167 g/mol. The number of nitrogens with zero attached hydrogens (tertiary/aromatic N) is 2. The van der Waals surface area contributed by atoms with E-state index in [4.69, 9.17) is 4.52 Å². The van der Waals surface area contributed by atoms with Crippen LogP contribution in [0.15, 0.2) is 10.9 Å². The second-order valence-electron chi connectivity index (χ2n) is 3.46. The molecule has 1 aromatic heterocycles. The first-order chi connectivity index (χ1) is 5.81. The lowest BCUT2D eigenvalue weighted by molar-refractivity contribution is 0.207. The Bertz CT molecular complexity index is 239. The average Bonchev–Trinajstić information content (AvgIpc) is 2.58. The standard InChI is InChI=1S/C8H13N3O/c1-8(4-2-3-5-10-8)7-9-6-11-12-7/h6,10H,2-5H2,1H3. The number of piperidine rings is 1. The van der Waals surface area contributed by atoms with Gasteiger partial charge in [0.05, 0.1) is 5.54 Å². The smallest absolute Gasteiger partial charge is 0.246 e. The van der Waals surface area contributed by atoms with Crippen LogP contribution in [-0.4, -0.2) is 16.7 Å². The van der Waals surface area contributed by atoms with E-state index in [0.717, 1.165) is 13.0 Å². The van der Waals surface area contributed by atoms with Gasteiger partial charge in [-0.05, 0) is 32.7 Å². The number of aromatic nitrogens is 2. The van der Waals surface area contributed by atoms with Crippen LogP contribution in [-0.2, 0) is 5.54 Å². The molecule has 1 N–H and O–H groups in total. The van der Waals surface area contributed by atoms with Gasteiger partial charge in [0.1, 0.15) is 0 Å². The summed E-state index contributed by atoms with van der Waals surface area (Å²) >= 11 is 0. The van der Waals surface area contributed by atoms with E-state index in [-0.39, 0.29) is 5.54 Å². The Morgan fingerprint density at radius 3 is 3.08 bits per heavy atom. The zero-order valence-electron chi connectivity index (χ0n) is 7.21. The van der Waals surface area contributed by atoms with Gasteiger partial charge in [0.25, 0.3) is 0 Å². The molecule has 1 saturated heterocycles. The van der Waals surface area contributed by atoms with Crippen molar-refractivity contribution in [2.45, 2.75) is 31.7 Å². The van der Waals surface area contributed by atoms with Gasteiger partial charge < -0.3 is 9.84 Å². The summed E-state index contributed by atoms with van der Waals surface area (Å²) in [7, 11) is 0. The lowest BCUT2D eigenvalue weighted by Crippen LogP contribution is -2.43. The maximum atomic E-state index is 5.05. The molecule has 2 heterocycles. The lowest BCUT2D eigenvalue weighted by Gasteiger charge is -2.31. The quantitative estimate of drug-likeness (QED) is 0.679. The van der Waals surface area contributed by atoms with Crippen LogP contribution < -0.4 is 5.32 Å². The number of nitrogens with one attached hydrogen (secondary N) is 1. The van der Waals surface area contributed by atoms with Crippen LogP contribution in [0.5, 0.6) is 0 Å². The second-order valence-corrected chi connectivity index (χ2v) is 3.46. The van der Waals surface area contributed by atoms with Crippen LogP contribution in [0.2, 0.25) is 0 Å². The minimum atomic E-state index is -0.0885. The average molecular weight is 167 g/mol. The maximum Gasteiger partial charge on any atom is 0.246 e. The van der Waals surface area contributed by atoms with E-state index in [9.17, 15) is 0 Å². The molecule has 1 atom stereocenters. The van der Waals surface area contributed by atoms with Gasteiger partial charge in [0, 0.05) is 0 Å². The van der Waals surface area contributed by atoms with E-state index in [1.165, 1.54) is 19.2 Å². The third kappa shape index (κ3) is 1.22. The molecule has 4 heteroatoms. The lowest BCUT2D eigenvalue weighted by atomic mass is 9.91. The largest absolute Gasteiger partial charge is 0.338 e. The molecule has 1 fully saturated rings. The fraction of sp³-hybridized carbons (Fsp3) is 0.750. The molecule has 12 heavy (non-hydrogen) atoms. The predicted molar refractivity (Wildman–Crippen MR) is 43.5 cm³/mol. The van der Waals surface area contributed by atoms with Crippen LogP contribution in [0.1, 0.15) is 32.1 Å². The Morgan fingerprint density at radius 1 is 1.58 bits per heavy atom. The van der Waals surface area contributed by atoms with Crippen molar-refractivity contribution in [2.24, 2.45) is 0 Å². The van der Waals surface area contributed by atoms with E-state index in [1.54, 1.807) is 0 Å². The van der Waals surface area contributed by atoms with Gasteiger partial charge >= 0.3 is 0 Å². The molecular weight excluding hydrogens is 154 g/mol. The number of rotatable bonds is 1. The summed E-state index contributed by atoms with van der Waals surface area (Å²) in [5.41, 5.74) is -0.0885. The highest BCUT2D eigenvalue weighted by Gasteiger charge is 2.32. The molecule has 1 aromatic rings. The molecule has 0 amide bonds. The zero-order chi connectivity index (χ0) is 8.44. The minimum absolute atomic E-state index is 0.0885. The molecule has 0 spiro atoms. The van der Waals surface area contributed by atoms with Crippen molar-refractivity contribution < 1.29 is 4.52 Å². The molecule has 1 unspecified atom stereocenters. The van der Waals surface area contributed by atoms with E-state index in [2.05, 4.69) is 22.4 Å². The SMILES string of the molecule is CC1(c2ncno2)CCCCN1. The van der Waals surface area contributed by atoms with Crippen molar-refractivity contribution in [1.29, 1.82) is 0 Å². The van der Waals surface area contributed by atoms with Gasteiger partial charge in [-0.3, -0.25) is 0 Å². The molecule has 66 valence electrons. The minimum Gasteiger partial charge on any atom is -0.338 e. The van der Waals surface area contributed by atoms with Crippen molar-refractivity contribution in [3.8, 4) is 0 Å². The predicted octanol–water partition coefficient (Wildman–Crippen LogP) is 1.06. The first kappa shape index (κ1) is 7.73. The summed E-state index contributed by atoms with van der Waals surface area (Å²) in [6.07, 6.45) is 5.00. The van der Waals surface area contributed by atoms with Gasteiger partial charge in [-0.1, -0.05) is 5.16 Å². The third-order valence-corrected chi connectivity index (χ3v) is 2.45. The molecule has 2 rings (SSSR count). The second kappa shape index (κ2) is 2.86. The zero-order valence-corrected chi connectivity index (χ0v) is 7.21. The van der Waals surface area contributed by atoms with E-state index >= 15 is 0 Å². The first-order valence-corrected chi connectivity index (χ1v) is 4.33. The first-order valence-electron chi connectivity index (χ1n) is 4.33. The number of hydrogen-bond donors (Lipinski definition) is 1. The van der Waals surface area contributed by atoms with E-state index in [0.29, 0.717) is 5.89 Å². The molecule has 0 saturated carbocycles. The Balaban J connectivity index is 2.19. The molecular formula is C8H13N3O. The summed E-state index contributed by atoms with van der Waals surface area (Å²) in [5, 5.41) is 7.02. The van der Waals surface area contributed by atoms with Crippen molar-refractivity contribution in [1.82, 2.24) is 15.5 Å². The van der Waals surface area contributed by atoms with Gasteiger partial charge in [-0.15, -0.1) is 0 Å². The van der Waals surface area contributed by atoms with Crippen molar-refractivity contribution in [3.63, 3.8) is 0 Å². The van der Waals surface area contributed by atoms with Crippen molar-refractivity contribution in [2.75, 3.05) is 6.54 Å². The van der Waals surface area contributed by atoms with Gasteiger partial charge in [0.2, 0.25) is 5.89 Å². The molecule has 1 aliphatic heterocycles. The Hall–Kier alpha value is -0.900. The summed E-state index contributed by atoms with van der Waals surface area (Å²) in [5.74, 6) is 0.710. The van der Waals surface area contributed by atoms with Gasteiger partial charge in [-0.2, -0.15) is 4.98 Å². The van der Waals surface area contributed by atoms with Crippen molar-refractivity contribution in [3.05, 3.63) is 12.2 Å². The third-order valence-electron chi connectivity index (χ3n) is 2.45. The summed E-state index contributed by atoms with van der Waals surface area (Å²) in [6.45, 7) is 3.15. The highest BCUT2D eigenvalue weighted by atomic mass is 16.5. The molecule has 4 nitrogen and oxygen atoms in total. The van der Waals surface area contributed by atoms with Crippen LogP contribution >= 0.6 is 0 Å². The van der Waals surface area contributed by atoms with E-state index < -0.39 is 0 Å². The highest BCUT2D eigenvalue weighted by Crippen LogP contribution is 2.27. The molecule has 0 aromatic carbocycles. The summed E-state index contributed by atoms with van der Waals surface area (Å²) < 4.78 is 5.05. The fourth-order valence-corrected chi connectivity index (χ4v) is 1.66. The molecule has 1 aliphatic rings. The molecule has 0 bridgehead atoms. The highest BCUT2D eigenvalue weighted by molar-refractivity contribution is 5.00. The Kier molecular flexibility index (Phi) is 1.84. The van der Waals surface area contributed by atoms with Crippen molar-refractivity contribution >= 4 is 0 Å². The van der Waals surface area contributed by atoms with Crippen LogP contribution in [0.25, 0.3) is 0 Å². The van der Waals surface area contributed by atoms with Crippen LogP contribution in [0, 0.1) is 0 Å². The molecule has 0 aliphatic carbocycles. The Labute approximate surface area is 71.4 Å². The van der Waals surface area contributed by atoms with Gasteiger partial charge in [-0.25, -0.2) is 0 Å². The van der Waals surface area contributed by atoms with Crippen LogP contribution in [0.3, 0.4) is 0 Å². The molecule has 0 radical (unpaired) electrons. The normalized spacial score (nSPS) is 30.4. The maximum absolute atomic E-state index is 5.05. The summed E-state index contributed by atoms with van der Waals surface area (Å²) in [6, 6.07) is 0. The summed E-state index contributed by atoms with van der Waals surface area (Å²) in [4.78, 5) is 4.07. The van der Waals surface area contributed by atoms with Gasteiger partial charge in [0.15, 0.2) is 6.33 Å². The topological polar surface area (TPSA) is 51.0 Å². The fourth-order valence-electron chi connectivity index (χ4n) is 1.66.